The molecule has 3 rings (SSSR count). The largest absolute Gasteiger partial charge is 0.472 e. The van der Waals surface area contributed by atoms with Gasteiger partial charge in [-0.1, -0.05) is 17.7 Å². The number of ether oxygens (including phenoxy) is 1. The summed E-state index contributed by atoms with van der Waals surface area (Å²) in [6.45, 7) is 3.19. The fraction of sp³-hybridized carbons (Fsp3) is 0.278. The molecular formula is C18H17N3O2. The first-order valence-electron chi connectivity index (χ1n) is 7.54. The Morgan fingerprint density at radius 1 is 1.35 bits per heavy atom. The molecule has 1 aliphatic rings. The highest BCUT2D eigenvalue weighted by Gasteiger charge is 2.28. The minimum atomic E-state index is -0.0918. The van der Waals surface area contributed by atoms with Gasteiger partial charge in [0, 0.05) is 30.8 Å². The summed E-state index contributed by atoms with van der Waals surface area (Å²) in [6.07, 6.45) is 2.22. The van der Waals surface area contributed by atoms with Crippen molar-refractivity contribution in [1.29, 1.82) is 5.26 Å². The fourth-order valence-corrected chi connectivity index (χ4v) is 2.60. The van der Waals surface area contributed by atoms with Gasteiger partial charge in [0.15, 0.2) is 0 Å². The summed E-state index contributed by atoms with van der Waals surface area (Å²) >= 11 is 0. The lowest BCUT2D eigenvalue weighted by atomic mass is 10.1. The van der Waals surface area contributed by atoms with E-state index in [0.29, 0.717) is 30.1 Å². The molecular weight excluding hydrogens is 290 g/mol. The monoisotopic (exact) mass is 307 g/mol. The normalized spacial score (nSPS) is 16.9. The number of carbonyl (C=O) groups excluding carboxylic acids is 1. The van der Waals surface area contributed by atoms with Crippen LogP contribution in [-0.2, 0) is 0 Å². The van der Waals surface area contributed by atoms with Gasteiger partial charge < -0.3 is 9.64 Å². The van der Waals surface area contributed by atoms with Gasteiger partial charge in [-0.3, -0.25) is 4.79 Å². The van der Waals surface area contributed by atoms with Gasteiger partial charge in [0.2, 0.25) is 5.88 Å². The molecule has 0 spiro atoms. The van der Waals surface area contributed by atoms with Gasteiger partial charge in [-0.2, -0.15) is 5.26 Å². The number of likely N-dealkylation sites (tertiary alicyclic amines) is 1. The van der Waals surface area contributed by atoms with Crippen LogP contribution in [0.15, 0.2) is 42.6 Å². The molecule has 0 radical (unpaired) electrons. The van der Waals surface area contributed by atoms with Crippen LogP contribution < -0.4 is 4.74 Å². The van der Waals surface area contributed by atoms with E-state index in [-0.39, 0.29) is 12.0 Å². The quantitative estimate of drug-likeness (QED) is 0.874. The van der Waals surface area contributed by atoms with Crippen molar-refractivity contribution >= 4 is 5.91 Å². The predicted octanol–water partition coefficient (Wildman–Crippen LogP) is 2.56. The zero-order chi connectivity index (χ0) is 16.2. The molecule has 1 aromatic heterocycles. The second kappa shape index (κ2) is 6.49. The molecule has 2 aromatic rings. The number of pyridine rings is 1. The highest BCUT2D eigenvalue weighted by atomic mass is 16.5. The van der Waals surface area contributed by atoms with Crippen LogP contribution in [0, 0.1) is 18.3 Å². The number of aromatic nitrogens is 1. The first kappa shape index (κ1) is 15.0. The Labute approximate surface area is 135 Å². The lowest BCUT2D eigenvalue weighted by Crippen LogP contribution is -2.31. The van der Waals surface area contributed by atoms with Gasteiger partial charge in [0.1, 0.15) is 6.10 Å². The number of nitrogens with zero attached hydrogens (tertiary/aromatic N) is 3. The third-order valence-corrected chi connectivity index (χ3v) is 3.88. The summed E-state index contributed by atoms with van der Waals surface area (Å²) in [5.41, 5.74) is 2.34. The molecule has 0 aliphatic carbocycles. The summed E-state index contributed by atoms with van der Waals surface area (Å²) in [6, 6.07) is 12.9. The van der Waals surface area contributed by atoms with Crippen LogP contribution in [0.5, 0.6) is 5.88 Å². The van der Waals surface area contributed by atoms with E-state index in [2.05, 4.69) is 11.1 Å². The van der Waals surface area contributed by atoms with Gasteiger partial charge in [-0.05, 0) is 25.1 Å². The number of amides is 1. The topological polar surface area (TPSA) is 66.2 Å². The molecule has 0 saturated carbocycles. The van der Waals surface area contributed by atoms with Crippen molar-refractivity contribution in [3.8, 4) is 11.9 Å². The molecule has 1 unspecified atom stereocenters. The molecule has 116 valence electrons. The molecule has 5 heteroatoms. The van der Waals surface area contributed by atoms with Crippen molar-refractivity contribution in [2.24, 2.45) is 0 Å². The van der Waals surface area contributed by atoms with E-state index in [0.717, 1.165) is 12.0 Å². The molecule has 1 aromatic carbocycles. The number of aryl methyl sites for hydroxylation is 1. The Morgan fingerprint density at radius 2 is 2.13 bits per heavy atom. The van der Waals surface area contributed by atoms with Crippen LogP contribution >= 0.6 is 0 Å². The highest BCUT2D eigenvalue weighted by molar-refractivity contribution is 5.94. The van der Waals surface area contributed by atoms with Gasteiger partial charge >= 0.3 is 0 Å². The first-order valence-corrected chi connectivity index (χ1v) is 7.54. The van der Waals surface area contributed by atoms with Crippen molar-refractivity contribution in [3.63, 3.8) is 0 Å². The number of hydrogen-bond donors (Lipinski definition) is 0. The van der Waals surface area contributed by atoms with E-state index in [1.54, 1.807) is 23.2 Å². The molecule has 1 atom stereocenters. The third kappa shape index (κ3) is 3.49. The Morgan fingerprint density at radius 3 is 2.87 bits per heavy atom. The summed E-state index contributed by atoms with van der Waals surface area (Å²) in [4.78, 5) is 18.4. The van der Waals surface area contributed by atoms with Crippen molar-refractivity contribution in [3.05, 3.63) is 59.3 Å². The average molecular weight is 307 g/mol. The number of hydrogen-bond acceptors (Lipinski definition) is 4. The standard InChI is InChI=1S/C18H17N3O2/c1-13-2-4-15(5-3-13)18(22)21-9-7-16(12-21)23-17-10-14(11-19)6-8-20-17/h2-6,8,10,16H,7,9,12H2,1H3. The predicted molar refractivity (Wildman–Crippen MR) is 85.1 cm³/mol. The second-order valence-corrected chi connectivity index (χ2v) is 5.64. The molecule has 1 amide bonds. The molecule has 1 aliphatic heterocycles. The van der Waals surface area contributed by atoms with Crippen molar-refractivity contribution < 1.29 is 9.53 Å². The molecule has 1 fully saturated rings. The van der Waals surface area contributed by atoms with Crippen LogP contribution in [0.2, 0.25) is 0 Å². The molecule has 5 nitrogen and oxygen atoms in total. The van der Waals surface area contributed by atoms with Crippen LogP contribution in [0.4, 0.5) is 0 Å². The molecule has 0 N–H and O–H groups in total. The highest BCUT2D eigenvalue weighted by Crippen LogP contribution is 2.19. The van der Waals surface area contributed by atoms with Crippen molar-refractivity contribution in [1.82, 2.24) is 9.88 Å². The fourth-order valence-electron chi connectivity index (χ4n) is 2.60. The Kier molecular flexibility index (Phi) is 4.24. The van der Waals surface area contributed by atoms with Crippen LogP contribution in [0.25, 0.3) is 0 Å². The van der Waals surface area contributed by atoms with Crippen molar-refractivity contribution in [2.75, 3.05) is 13.1 Å². The maximum atomic E-state index is 12.5. The smallest absolute Gasteiger partial charge is 0.253 e. The zero-order valence-electron chi connectivity index (χ0n) is 12.9. The van der Waals surface area contributed by atoms with E-state index >= 15 is 0 Å². The SMILES string of the molecule is Cc1ccc(C(=O)N2CCC(Oc3cc(C#N)ccn3)C2)cc1. The molecule has 0 bridgehead atoms. The number of carbonyl (C=O) groups is 1. The second-order valence-electron chi connectivity index (χ2n) is 5.64. The van der Waals surface area contributed by atoms with Gasteiger partial charge in [0.05, 0.1) is 18.2 Å². The van der Waals surface area contributed by atoms with Gasteiger partial charge in [-0.25, -0.2) is 4.98 Å². The van der Waals surface area contributed by atoms with Crippen LogP contribution in [-0.4, -0.2) is 35.0 Å². The van der Waals surface area contributed by atoms with E-state index in [1.165, 1.54) is 0 Å². The van der Waals surface area contributed by atoms with Crippen molar-refractivity contribution in [2.45, 2.75) is 19.4 Å². The maximum absolute atomic E-state index is 12.5. The number of rotatable bonds is 3. The molecule has 1 saturated heterocycles. The summed E-state index contributed by atoms with van der Waals surface area (Å²) in [7, 11) is 0. The number of nitriles is 1. The van der Waals surface area contributed by atoms with Crippen LogP contribution in [0.1, 0.15) is 27.9 Å². The average Bonchev–Trinajstić information content (AvgIpc) is 3.03. The lowest BCUT2D eigenvalue weighted by Gasteiger charge is -2.17. The van der Waals surface area contributed by atoms with Gasteiger partial charge in [-0.15, -0.1) is 0 Å². The van der Waals surface area contributed by atoms with E-state index in [1.807, 2.05) is 31.2 Å². The third-order valence-electron chi connectivity index (χ3n) is 3.88. The van der Waals surface area contributed by atoms with E-state index < -0.39 is 0 Å². The minimum Gasteiger partial charge on any atom is -0.472 e. The van der Waals surface area contributed by atoms with E-state index in [9.17, 15) is 4.79 Å². The zero-order valence-corrected chi connectivity index (χ0v) is 12.9. The summed E-state index contributed by atoms with van der Waals surface area (Å²) in [5, 5.41) is 8.90. The Balaban J connectivity index is 1.63. The maximum Gasteiger partial charge on any atom is 0.253 e. The van der Waals surface area contributed by atoms with Crippen LogP contribution in [0.3, 0.4) is 0 Å². The Hall–Kier alpha value is -2.87. The number of benzene rings is 1. The minimum absolute atomic E-state index is 0.0230. The summed E-state index contributed by atoms with van der Waals surface area (Å²) in [5.74, 6) is 0.452. The van der Waals surface area contributed by atoms with Gasteiger partial charge in [0.25, 0.3) is 5.91 Å². The first-order chi connectivity index (χ1) is 11.2. The summed E-state index contributed by atoms with van der Waals surface area (Å²) < 4.78 is 5.80. The van der Waals surface area contributed by atoms with E-state index in [4.69, 9.17) is 10.00 Å². The lowest BCUT2D eigenvalue weighted by molar-refractivity contribution is 0.0771. The Bertz CT molecular complexity index is 750. The molecule has 2 heterocycles. The molecule has 23 heavy (non-hydrogen) atoms.